The third kappa shape index (κ3) is 3.64. The lowest BCUT2D eigenvalue weighted by atomic mass is 9.94. The van der Waals surface area contributed by atoms with Crippen molar-refractivity contribution in [3.63, 3.8) is 0 Å². The van der Waals surface area contributed by atoms with Crippen LogP contribution >= 0.6 is 0 Å². The van der Waals surface area contributed by atoms with E-state index in [1.165, 1.54) is 0 Å². The SMILES string of the molecule is COc1ccc(-c2n[nH]c(C3CCOCC3)c2NC(=O)C2CC2)cc1OC. The van der Waals surface area contributed by atoms with Gasteiger partial charge in [0, 0.05) is 30.6 Å². The summed E-state index contributed by atoms with van der Waals surface area (Å²) in [5.41, 5.74) is 3.36. The van der Waals surface area contributed by atoms with Crippen LogP contribution in [0.1, 0.15) is 37.3 Å². The van der Waals surface area contributed by atoms with Gasteiger partial charge in [-0.15, -0.1) is 0 Å². The van der Waals surface area contributed by atoms with Crippen LogP contribution in [0.25, 0.3) is 11.3 Å². The van der Waals surface area contributed by atoms with Crippen molar-refractivity contribution in [3.05, 3.63) is 23.9 Å². The molecule has 0 spiro atoms. The van der Waals surface area contributed by atoms with Crippen molar-refractivity contribution in [2.75, 3.05) is 32.8 Å². The van der Waals surface area contributed by atoms with Gasteiger partial charge in [0.15, 0.2) is 11.5 Å². The van der Waals surface area contributed by atoms with Crippen molar-refractivity contribution in [1.82, 2.24) is 10.2 Å². The molecular formula is C20H25N3O4. The van der Waals surface area contributed by atoms with Crippen molar-refractivity contribution < 1.29 is 19.0 Å². The molecule has 1 saturated carbocycles. The van der Waals surface area contributed by atoms with Gasteiger partial charge in [0.2, 0.25) is 5.91 Å². The average Bonchev–Trinajstić information content (AvgIpc) is 3.49. The molecule has 1 aromatic heterocycles. The number of amides is 1. The molecule has 1 aliphatic carbocycles. The number of H-pyrrole nitrogens is 1. The number of nitrogens with zero attached hydrogens (tertiary/aromatic N) is 1. The molecule has 7 nitrogen and oxygen atoms in total. The molecule has 1 saturated heterocycles. The van der Waals surface area contributed by atoms with Gasteiger partial charge in [-0.2, -0.15) is 5.10 Å². The average molecular weight is 371 g/mol. The summed E-state index contributed by atoms with van der Waals surface area (Å²) in [5, 5.41) is 10.9. The topological polar surface area (TPSA) is 85.5 Å². The summed E-state index contributed by atoms with van der Waals surface area (Å²) >= 11 is 0. The van der Waals surface area contributed by atoms with Gasteiger partial charge in [-0.25, -0.2) is 0 Å². The monoisotopic (exact) mass is 371 g/mol. The number of anilines is 1. The number of ether oxygens (including phenoxy) is 3. The van der Waals surface area contributed by atoms with Crippen molar-refractivity contribution in [2.45, 2.75) is 31.6 Å². The van der Waals surface area contributed by atoms with Crippen LogP contribution in [0, 0.1) is 5.92 Å². The fraction of sp³-hybridized carbons (Fsp3) is 0.500. The van der Waals surface area contributed by atoms with E-state index in [1.807, 2.05) is 18.2 Å². The summed E-state index contributed by atoms with van der Waals surface area (Å²) in [5.74, 6) is 1.79. The molecule has 0 atom stereocenters. The Labute approximate surface area is 158 Å². The highest BCUT2D eigenvalue weighted by Crippen LogP contribution is 2.40. The highest BCUT2D eigenvalue weighted by Gasteiger charge is 2.32. The Hall–Kier alpha value is -2.54. The van der Waals surface area contributed by atoms with Crippen LogP contribution in [0.15, 0.2) is 18.2 Å². The minimum atomic E-state index is 0.0754. The molecule has 0 unspecified atom stereocenters. The molecule has 0 radical (unpaired) electrons. The Morgan fingerprint density at radius 3 is 2.56 bits per heavy atom. The number of hydrogen-bond acceptors (Lipinski definition) is 5. The zero-order valence-corrected chi connectivity index (χ0v) is 15.7. The minimum Gasteiger partial charge on any atom is -0.493 e. The van der Waals surface area contributed by atoms with Crippen LogP contribution in [-0.4, -0.2) is 43.5 Å². The first kappa shape index (κ1) is 17.9. The summed E-state index contributed by atoms with van der Waals surface area (Å²) in [6, 6.07) is 5.66. The molecular weight excluding hydrogens is 346 g/mol. The highest BCUT2D eigenvalue weighted by atomic mass is 16.5. The number of aromatic nitrogens is 2. The number of aromatic amines is 1. The van der Waals surface area contributed by atoms with Crippen molar-refractivity contribution >= 4 is 11.6 Å². The lowest BCUT2D eigenvalue weighted by molar-refractivity contribution is -0.117. The molecule has 7 heteroatoms. The molecule has 0 bridgehead atoms. The Morgan fingerprint density at radius 1 is 1.15 bits per heavy atom. The van der Waals surface area contributed by atoms with Gasteiger partial charge in [0.05, 0.1) is 25.6 Å². The highest BCUT2D eigenvalue weighted by molar-refractivity contribution is 5.98. The summed E-state index contributed by atoms with van der Waals surface area (Å²) in [7, 11) is 3.21. The standard InChI is InChI=1S/C20H25N3O4/c1-25-15-6-5-14(11-16(15)26-2)18-19(21-20(24)13-3-4-13)17(22-23-18)12-7-9-27-10-8-12/h5-6,11-13H,3-4,7-10H2,1-2H3,(H,21,24)(H,22,23). The van der Waals surface area contributed by atoms with Crippen molar-refractivity contribution in [1.29, 1.82) is 0 Å². The molecule has 2 aromatic rings. The zero-order chi connectivity index (χ0) is 18.8. The van der Waals surface area contributed by atoms with E-state index in [9.17, 15) is 4.79 Å². The number of rotatable bonds is 6. The second kappa shape index (κ2) is 7.60. The predicted octanol–water partition coefficient (Wildman–Crippen LogP) is 3.34. The van der Waals surface area contributed by atoms with Crippen LogP contribution in [-0.2, 0) is 9.53 Å². The lowest BCUT2D eigenvalue weighted by Crippen LogP contribution is -2.18. The second-order valence-corrected chi connectivity index (χ2v) is 7.08. The van der Waals surface area contributed by atoms with Crippen molar-refractivity contribution in [3.8, 4) is 22.8 Å². The maximum Gasteiger partial charge on any atom is 0.227 e. The molecule has 1 amide bonds. The maximum atomic E-state index is 12.5. The van der Waals surface area contributed by atoms with Crippen LogP contribution in [0.4, 0.5) is 5.69 Å². The Balaban J connectivity index is 1.72. The largest absolute Gasteiger partial charge is 0.493 e. The van der Waals surface area contributed by atoms with E-state index in [2.05, 4.69) is 15.5 Å². The van der Waals surface area contributed by atoms with E-state index in [-0.39, 0.29) is 11.8 Å². The van der Waals surface area contributed by atoms with Crippen LogP contribution < -0.4 is 14.8 Å². The minimum absolute atomic E-state index is 0.0754. The van der Waals surface area contributed by atoms with Gasteiger partial charge in [0.25, 0.3) is 0 Å². The molecule has 2 heterocycles. The lowest BCUT2D eigenvalue weighted by Gasteiger charge is -2.22. The summed E-state index contributed by atoms with van der Waals surface area (Å²) in [6.07, 6.45) is 3.75. The number of benzene rings is 1. The van der Waals surface area contributed by atoms with Gasteiger partial charge in [-0.05, 0) is 43.9 Å². The summed E-state index contributed by atoms with van der Waals surface area (Å²) in [4.78, 5) is 12.5. The van der Waals surface area contributed by atoms with E-state index in [4.69, 9.17) is 14.2 Å². The van der Waals surface area contributed by atoms with Gasteiger partial charge in [-0.3, -0.25) is 9.89 Å². The number of hydrogen-bond donors (Lipinski definition) is 2. The Bertz CT molecular complexity index is 823. The molecule has 2 N–H and O–H groups in total. The molecule has 1 aromatic carbocycles. The first-order valence-electron chi connectivity index (χ1n) is 9.40. The second-order valence-electron chi connectivity index (χ2n) is 7.08. The maximum absolute atomic E-state index is 12.5. The smallest absolute Gasteiger partial charge is 0.227 e. The van der Waals surface area contributed by atoms with Crippen LogP contribution in [0.3, 0.4) is 0 Å². The Kier molecular flexibility index (Phi) is 5.03. The third-order valence-corrected chi connectivity index (χ3v) is 5.28. The molecule has 144 valence electrons. The number of carbonyl (C=O) groups is 1. The van der Waals surface area contributed by atoms with Gasteiger partial charge in [0.1, 0.15) is 5.69 Å². The summed E-state index contributed by atoms with van der Waals surface area (Å²) < 4.78 is 16.2. The number of nitrogens with one attached hydrogen (secondary N) is 2. The van der Waals surface area contributed by atoms with E-state index in [0.29, 0.717) is 17.4 Å². The molecule has 2 fully saturated rings. The zero-order valence-electron chi connectivity index (χ0n) is 15.7. The van der Waals surface area contributed by atoms with E-state index < -0.39 is 0 Å². The van der Waals surface area contributed by atoms with Gasteiger partial charge >= 0.3 is 0 Å². The van der Waals surface area contributed by atoms with Gasteiger partial charge in [-0.1, -0.05) is 0 Å². The quantitative estimate of drug-likeness (QED) is 0.813. The number of methoxy groups -OCH3 is 2. The first-order chi connectivity index (χ1) is 13.2. The van der Waals surface area contributed by atoms with E-state index in [1.54, 1.807) is 14.2 Å². The third-order valence-electron chi connectivity index (χ3n) is 5.28. The van der Waals surface area contributed by atoms with E-state index >= 15 is 0 Å². The van der Waals surface area contributed by atoms with Crippen molar-refractivity contribution in [2.24, 2.45) is 5.92 Å². The van der Waals surface area contributed by atoms with Crippen LogP contribution in [0.2, 0.25) is 0 Å². The molecule has 2 aliphatic rings. The molecule has 1 aliphatic heterocycles. The Morgan fingerprint density at radius 2 is 1.89 bits per heavy atom. The molecule has 4 rings (SSSR count). The fourth-order valence-electron chi connectivity index (χ4n) is 3.53. The molecule has 27 heavy (non-hydrogen) atoms. The predicted molar refractivity (Wildman–Crippen MR) is 101 cm³/mol. The summed E-state index contributed by atoms with van der Waals surface area (Å²) in [6.45, 7) is 1.46. The first-order valence-corrected chi connectivity index (χ1v) is 9.40. The number of carbonyl (C=O) groups excluding carboxylic acids is 1. The van der Waals surface area contributed by atoms with Crippen LogP contribution in [0.5, 0.6) is 11.5 Å². The van der Waals surface area contributed by atoms with E-state index in [0.717, 1.165) is 61.5 Å². The van der Waals surface area contributed by atoms with Gasteiger partial charge < -0.3 is 19.5 Å². The fourth-order valence-corrected chi connectivity index (χ4v) is 3.53. The normalized spacial score (nSPS) is 17.6.